The lowest BCUT2D eigenvalue weighted by atomic mass is 10.0. The zero-order chi connectivity index (χ0) is 22.7. The number of carbonyl (C=O) groups excluding carboxylic acids is 1. The molecule has 0 radical (unpaired) electrons. The van der Waals surface area contributed by atoms with Crippen molar-refractivity contribution in [1.29, 1.82) is 0 Å². The van der Waals surface area contributed by atoms with Gasteiger partial charge >= 0.3 is 0 Å². The standard InChI is InChI=1S/C24H24FN5O2/c1-15(2)17-4-6-18(7-5-17)24-27-23(32-29-24)13-12-22(31)26-21-14-16(3)28-30(21)20-10-8-19(25)9-11-20/h4-11,14-15H,12-13H2,1-3H3,(H,26,31). The second-order valence-corrected chi connectivity index (χ2v) is 7.90. The molecular weight excluding hydrogens is 409 g/mol. The van der Waals surface area contributed by atoms with E-state index < -0.39 is 0 Å². The minimum atomic E-state index is -0.335. The molecule has 0 saturated heterocycles. The maximum Gasteiger partial charge on any atom is 0.227 e. The SMILES string of the molecule is Cc1cc(NC(=O)CCc2nc(-c3ccc(C(C)C)cc3)no2)n(-c2ccc(F)cc2)n1. The second-order valence-electron chi connectivity index (χ2n) is 7.90. The van der Waals surface area contributed by atoms with Crippen molar-refractivity contribution in [3.05, 3.63) is 77.6 Å². The Kier molecular flexibility index (Phi) is 6.11. The van der Waals surface area contributed by atoms with Crippen LogP contribution in [0.3, 0.4) is 0 Å². The van der Waals surface area contributed by atoms with E-state index in [1.54, 1.807) is 22.9 Å². The summed E-state index contributed by atoms with van der Waals surface area (Å²) in [6.45, 7) is 6.10. The van der Waals surface area contributed by atoms with Gasteiger partial charge in [-0.05, 0) is 42.7 Å². The summed E-state index contributed by atoms with van der Waals surface area (Å²) in [6.07, 6.45) is 0.480. The number of aromatic nitrogens is 4. The third-order valence-corrected chi connectivity index (χ3v) is 5.04. The molecule has 2 heterocycles. The molecule has 0 bridgehead atoms. The average molecular weight is 433 g/mol. The van der Waals surface area contributed by atoms with E-state index in [-0.39, 0.29) is 18.1 Å². The van der Waals surface area contributed by atoms with Crippen molar-refractivity contribution in [2.45, 2.75) is 39.5 Å². The highest BCUT2D eigenvalue weighted by molar-refractivity contribution is 5.90. The first-order valence-corrected chi connectivity index (χ1v) is 10.4. The van der Waals surface area contributed by atoms with Crippen LogP contribution >= 0.6 is 0 Å². The third kappa shape index (κ3) is 4.91. The van der Waals surface area contributed by atoms with Gasteiger partial charge in [0.15, 0.2) is 0 Å². The van der Waals surface area contributed by atoms with Crippen LogP contribution in [0.2, 0.25) is 0 Å². The highest BCUT2D eigenvalue weighted by atomic mass is 19.1. The Labute approximate surface area is 185 Å². The fourth-order valence-electron chi connectivity index (χ4n) is 3.28. The van der Waals surface area contributed by atoms with E-state index in [1.165, 1.54) is 17.7 Å². The zero-order valence-electron chi connectivity index (χ0n) is 18.2. The van der Waals surface area contributed by atoms with Crippen molar-refractivity contribution in [2.75, 3.05) is 5.32 Å². The van der Waals surface area contributed by atoms with E-state index in [1.807, 2.05) is 19.1 Å². The van der Waals surface area contributed by atoms with Gasteiger partial charge in [-0.15, -0.1) is 0 Å². The minimum absolute atomic E-state index is 0.168. The monoisotopic (exact) mass is 433 g/mol. The van der Waals surface area contributed by atoms with Crippen LogP contribution in [-0.4, -0.2) is 25.8 Å². The van der Waals surface area contributed by atoms with Crippen molar-refractivity contribution in [3.8, 4) is 17.1 Å². The van der Waals surface area contributed by atoms with Gasteiger partial charge in [0.25, 0.3) is 0 Å². The van der Waals surface area contributed by atoms with Crippen molar-refractivity contribution < 1.29 is 13.7 Å². The molecule has 1 amide bonds. The van der Waals surface area contributed by atoms with Gasteiger partial charge in [-0.25, -0.2) is 9.07 Å². The maximum absolute atomic E-state index is 13.2. The lowest BCUT2D eigenvalue weighted by Gasteiger charge is -2.08. The predicted octanol–water partition coefficient (Wildman–Crippen LogP) is 5.06. The highest BCUT2D eigenvalue weighted by Gasteiger charge is 2.14. The number of aryl methyl sites for hydroxylation is 2. The summed E-state index contributed by atoms with van der Waals surface area (Å²) in [5.41, 5.74) is 3.49. The van der Waals surface area contributed by atoms with Crippen LogP contribution in [0.4, 0.5) is 10.2 Å². The number of hydrogen-bond donors (Lipinski definition) is 1. The van der Waals surface area contributed by atoms with E-state index in [4.69, 9.17) is 4.52 Å². The molecule has 0 unspecified atom stereocenters. The molecule has 2 aromatic heterocycles. The molecule has 164 valence electrons. The molecule has 1 N–H and O–H groups in total. The van der Waals surface area contributed by atoms with Gasteiger partial charge in [-0.3, -0.25) is 4.79 Å². The first kappa shape index (κ1) is 21.4. The molecule has 4 aromatic rings. The Morgan fingerprint density at radius 2 is 1.84 bits per heavy atom. The number of amides is 1. The van der Waals surface area contributed by atoms with Crippen LogP contribution in [0.5, 0.6) is 0 Å². The number of benzene rings is 2. The summed E-state index contributed by atoms with van der Waals surface area (Å²) >= 11 is 0. The van der Waals surface area contributed by atoms with Gasteiger partial charge in [0.05, 0.1) is 11.4 Å². The molecule has 8 heteroatoms. The average Bonchev–Trinajstić information content (AvgIpc) is 3.39. The molecule has 0 atom stereocenters. The minimum Gasteiger partial charge on any atom is -0.339 e. The molecule has 0 aliphatic rings. The van der Waals surface area contributed by atoms with Crippen LogP contribution in [0.25, 0.3) is 17.1 Å². The summed E-state index contributed by atoms with van der Waals surface area (Å²) in [5, 5.41) is 11.2. The number of nitrogens with one attached hydrogen (secondary N) is 1. The molecule has 0 saturated carbocycles. The Morgan fingerprint density at radius 1 is 1.12 bits per heavy atom. The van der Waals surface area contributed by atoms with E-state index in [9.17, 15) is 9.18 Å². The molecule has 0 aliphatic carbocycles. The number of halogens is 1. The molecular formula is C24H24FN5O2. The second kappa shape index (κ2) is 9.13. The number of rotatable bonds is 7. The molecule has 32 heavy (non-hydrogen) atoms. The van der Waals surface area contributed by atoms with Gasteiger partial charge in [0, 0.05) is 24.5 Å². The Morgan fingerprint density at radius 3 is 2.53 bits per heavy atom. The van der Waals surface area contributed by atoms with E-state index in [0.717, 1.165) is 11.3 Å². The van der Waals surface area contributed by atoms with Crippen LogP contribution in [0.15, 0.2) is 59.1 Å². The highest BCUT2D eigenvalue weighted by Crippen LogP contribution is 2.21. The van der Waals surface area contributed by atoms with Gasteiger partial charge < -0.3 is 9.84 Å². The molecule has 0 aliphatic heterocycles. The Bertz CT molecular complexity index is 1210. The Hall–Kier alpha value is -3.81. The lowest BCUT2D eigenvalue weighted by molar-refractivity contribution is -0.116. The molecule has 2 aromatic carbocycles. The molecule has 0 fully saturated rings. The van der Waals surface area contributed by atoms with Gasteiger partial charge in [0.2, 0.25) is 17.6 Å². The van der Waals surface area contributed by atoms with Gasteiger partial charge in [-0.1, -0.05) is 43.3 Å². The van der Waals surface area contributed by atoms with Crippen LogP contribution in [0.1, 0.15) is 43.3 Å². The quantitative estimate of drug-likeness (QED) is 0.440. The smallest absolute Gasteiger partial charge is 0.227 e. The van der Waals surface area contributed by atoms with Gasteiger partial charge in [0.1, 0.15) is 11.6 Å². The summed E-state index contributed by atoms with van der Waals surface area (Å²) in [6, 6.07) is 15.7. The molecule has 4 rings (SSSR count). The van der Waals surface area contributed by atoms with E-state index in [2.05, 4.69) is 46.5 Å². The van der Waals surface area contributed by atoms with Gasteiger partial charge in [-0.2, -0.15) is 10.1 Å². The summed E-state index contributed by atoms with van der Waals surface area (Å²) in [5.74, 6) is 1.31. The third-order valence-electron chi connectivity index (χ3n) is 5.04. The lowest BCUT2D eigenvalue weighted by Crippen LogP contribution is -2.15. The number of nitrogens with zero attached hydrogens (tertiary/aromatic N) is 4. The topological polar surface area (TPSA) is 85.8 Å². The van der Waals surface area contributed by atoms with Crippen LogP contribution in [0, 0.1) is 12.7 Å². The van der Waals surface area contributed by atoms with Crippen molar-refractivity contribution >= 4 is 11.7 Å². The zero-order valence-corrected chi connectivity index (χ0v) is 18.2. The predicted molar refractivity (Wildman–Crippen MR) is 119 cm³/mol. The fourth-order valence-corrected chi connectivity index (χ4v) is 3.28. The first-order valence-electron chi connectivity index (χ1n) is 10.4. The largest absolute Gasteiger partial charge is 0.339 e. The van der Waals surface area contributed by atoms with Crippen molar-refractivity contribution in [1.82, 2.24) is 19.9 Å². The van der Waals surface area contributed by atoms with E-state index in [0.29, 0.717) is 35.6 Å². The van der Waals surface area contributed by atoms with Crippen molar-refractivity contribution in [2.24, 2.45) is 0 Å². The fraction of sp³-hybridized carbons (Fsp3) is 0.250. The summed E-state index contributed by atoms with van der Waals surface area (Å²) < 4.78 is 20.1. The number of carbonyl (C=O) groups is 1. The van der Waals surface area contributed by atoms with Crippen molar-refractivity contribution in [3.63, 3.8) is 0 Å². The molecule has 7 nitrogen and oxygen atoms in total. The first-order chi connectivity index (χ1) is 15.4. The molecule has 0 spiro atoms. The summed E-state index contributed by atoms with van der Waals surface area (Å²) in [7, 11) is 0. The van der Waals surface area contributed by atoms with Crippen LogP contribution < -0.4 is 5.32 Å². The summed E-state index contributed by atoms with van der Waals surface area (Å²) in [4.78, 5) is 16.9. The normalized spacial score (nSPS) is 11.2. The maximum atomic E-state index is 13.2. The Balaban J connectivity index is 1.39. The number of anilines is 1. The number of hydrogen-bond acceptors (Lipinski definition) is 5. The van der Waals surface area contributed by atoms with Crippen LogP contribution in [-0.2, 0) is 11.2 Å². The van der Waals surface area contributed by atoms with E-state index >= 15 is 0 Å².